The number of carbonyl (C=O) groups excluding carboxylic acids is 1. The molecule has 14 heavy (non-hydrogen) atoms. The van der Waals surface area contributed by atoms with Crippen molar-refractivity contribution in [1.82, 2.24) is 10.7 Å². The third-order valence-corrected chi connectivity index (χ3v) is 2.21. The molecule has 4 heteroatoms. The molecule has 2 amide bonds. The van der Waals surface area contributed by atoms with Gasteiger partial charge in [0.25, 0.3) is 0 Å². The highest BCUT2D eigenvalue weighted by Gasteiger charge is 2.27. The van der Waals surface area contributed by atoms with Crippen LogP contribution in [0.4, 0.5) is 10.5 Å². The molecule has 0 saturated carbocycles. The summed E-state index contributed by atoms with van der Waals surface area (Å²) in [4.78, 5) is 11.5. The van der Waals surface area contributed by atoms with Crippen molar-refractivity contribution in [2.24, 2.45) is 0 Å². The Balaban J connectivity index is 2.17. The van der Waals surface area contributed by atoms with Crippen LogP contribution in [0.25, 0.3) is 0 Å². The predicted molar refractivity (Wildman–Crippen MR) is 54.7 cm³/mol. The fraction of sp³-hybridized carbons (Fsp3) is 0.300. The van der Waals surface area contributed by atoms with Gasteiger partial charge in [0.1, 0.15) is 0 Å². The van der Waals surface area contributed by atoms with Crippen LogP contribution in [0.2, 0.25) is 0 Å². The Bertz CT molecular complexity index is 325. The quantitative estimate of drug-likeness (QED) is 0.743. The van der Waals surface area contributed by atoms with Gasteiger partial charge in [-0.1, -0.05) is 25.1 Å². The highest BCUT2D eigenvalue weighted by Crippen LogP contribution is 2.14. The highest BCUT2D eigenvalue weighted by atomic mass is 16.2. The van der Waals surface area contributed by atoms with E-state index in [9.17, 15) is 4.79 Å². The van der Waals surface area contributed by atoms with Crippen LogP contribution in [-0.2, 0) is 0 Å². The zero-order valence-corrected chi connectivity index (χ0v) is 8.03. The molecule has 74 valence electrons. The number of nitrogens with zero attached hydrogens (tertiary/aromatic N) is 1. The van der Waals surface area contributed by atoms with E-state index >= 15 is 0 Å². The predicted octanol–water partition coefficient (Wildman–Crippen LogP) is 1.46. The van der Waals surface area contributed by atoms with Crippen molar-refractivity contribution >= 4 is 11.7 Å². The second-order valence-electron chi connectivity index (χ2n) is 3.21. The van der Waals surface area contributed by atoms with Gasteiger partial charge in [-0.25, -0.2) is 15.2 Å². The first-order valence-corrected chi connectivity index (χ1v) is 4.73. The van der Waals surface area contributed by atoms with Gasteiger partial charge in [-0.05, 0) is 18.6 Å². The van der Waals surface area contributed by atoms with E-state index in [1.165, 1.54) is 5.01 Å². The third kappa shape index (κ3) is 1.56. The number of para-hydroxylation sites is 1. The van der Waals surface area contributed by atoms with Gasteiger partial charge in [0.05, 0.1) is 11.9 Å². The summed E-state index contributed by atoms with van der Waals surface area (Å²) in [6.45, 7) is 2.02. The van der Waals surface area contributed by atoms with Gasteiger partial charge < -0.3 is 5.32 Å². The van der Waals surface area contributed by atoms with Gasteiger partial charge >= 0.3 is 6.03 Å². The van der Waals surface area contributed by atoms with Gasteiger partial charge in [-0.3, -0.25) is 0 Å². The van der Waals surface area contributed by atoms with Gasteiger partial charge in [0.15, 0.2) is 0 Å². The summed E-state index contributed by atoms with van der Waals surface area (Å²) in [5.74, 6) is 0. The molecule has 1 aromatic carbocycles. The largest absolute Gasteiger partial charge is 0.337 e. The zero-order chi connectivity index (χ0) is 9.97. The van der Waals surface area contributed by atoms with E-state index in [1.54, 1.807) is 0 Å². The molecule has 1 fully saturated rings. The zero-order valence-electron chi connectivity index (χ0n) is 8.03. The molecule has 1 atom stereocenters. The minimum Gasteiger partial charge on any atom is -0.320 e. The van der Waals surface area contributed by atoms with Crippen molar-refractivity contribution in [2.75, 3.05) is 5.01 Å². The molecule has 1 heterocycles. The summed E-state index contributed by atoms with van der Waals surface area (Å²) >= 11 is 0. The van der Waals surface area contributed by atoms with Crippen LogP contribution in [-0.4, -0.2) is 12.2 Å². The molecule has 0 bridgehead atoms. The molecular weight excluding hydrogens is 178 g/mol. The minimum atomic E-state index is -0.0944. The first-order chi connectivity index (χ1) is 6.81. The summed E-state index contributed by atoms with van der Waals surface area (Å²) in [6.07, 6.45) is 0.914. The number of benzene rings is 1. The average molecular weight is 191 g/mol. The van der Waals surface area contributed by atoms with Crippen LogP contribution in [0.3, 0.4) is 0 Å². The number of hydrazine groups is 1. The Kier molecular flexibility index (Phi) is 2.37. The van der Waals surface area contributed by atoms with Crippen LogP contribution < -0.4 is 15.8 Å². The van der Waals surface area contributed by atoms with Crippen molar-refractivity contribution in [3.63, 3.8) is 0 Å². The number of nitrogens with one attached hydrogen (secondary N) is 2. The molecule has 1 aromatic rings. The molecule has 0 radical (unpaired) electrons. The Morgan fingerprint density at radius 1 is 1.36 bits per heavy atom. The summed E-state index contributed by atoms with van der Waals surface area (Å²) in [5.41, 5.74) is 3.94. The van der Waals surface area contributed by atoms with Crippen LogP contribution in [0.1, 0.15) is 13.3 Å². The van der Waals surface area contributed by atoms with Gasteiger partial charge in [-0.15, -0.1) is 0 Å². The van der Waals surface area contributed by atoms with Crippen molar-refractivity contribution in [3.05, 3.63) is 30.3 Å². The summed E-state index contributed by atoms with van der Waals surface area (Å²) in [5, 5.41) is 4.36. The number of anilines is 1. The molecule has 1 unspecified atom stereocenters. The lowest BCUT2D eigenvalue weighted by molar-refractivity contribution is 0.250. The van der Waals surface area contributed by atoms with E-state index in [0.717, 1.165) is 12.1 Å². The van der Waals surface area contributed by atoms with Gasteiger partial charge in [0.2, 0.25) is 0 Å². The number of rotatable bonds is 2. The molecule has 1 aliphatic heterocycles. The second-order valence-corrected chi connectivity index (χ2v) is 3.21. The van der Waals surface area contributed by atoms with Crippen LogP contribution in [0.5, 0.6) is 0 Å². The van der Waals surface area contributed by atoms with Gasteiger partial charge in [-0.2, -0.15) is 0 Å². The lowest BCUT2D eigenvalue weighted by Gasteiger charge is -2.14. The van der Waals surface area contributed by atoms with Crippen molar-refractivity contribution < 1.29 is 4.79 Å². The van der Waals surface area contributed by atoms with Gasteiger partial charge in [0, 0.05) is 0 Å². The maximum Gasteiger partial charge on any atom is 0.337 e. The van der Waals surface area contributed by atoms with E-state index in [1.807, 2.05) is 37.3 Å². The Morgan fingerprint density at radius 3 is 2.64 bits per heavy atom. The van der Waals surface area contributed by atoms with E-state index < -0.39 is 0 Å². The van der Waals surface area contributed by atoms with Crippen LogP contribution in [0, 0.1) is 0 Å². The van der Waals surface area contributed by atoms with E-state index in [0.29, 0.717) is 0 Å². The smallest absolute Gasteiger partial charge is 0.320 e. The Morgan fingerprint density at radius 2 is 2.07 bits per heavy atom. The lowest BCUT2D eigenvalue weighted by Crippen LogP contribution is -2.36. The Labute approximate surface area is 82.9 Å². The molecule has 2 N–H and O–H groups in total. The summed E-state index contributed by atoms with van der Waals surface area (Å²) in [6, 6.07) is 9.43. The summed E-state index contributed by atoms with van der Waals surface area (Å²) in [7, 11) is 0. The van der Waals surface area contributed by atoms with Crippen LogP contribution in [0.15, 0.2) is 30.3 Å². The number of hydrogen-bond donors (Lipinski definition) is 2. The highest BCUT2D eigenvalue weighted by molar-refractivity contribution is 5.93. The normalized spacial score (nSPS) is 21.1. The summed E-state index contributed by atoms with van der Waals surface area (Å²) < 4.78 is 0. The molecule has 1 saturated heterocycles. The fourth-order valence-electron chi connectivity index (χ4n) is 1.42. The maximum atomic E-state index is 11.5. The van der Waals surface area contributed by atoms with Crippen molar-refractivity contribution in [1.29, 1.82) is 0 Å². The fourth-order valence-corrected chi connectivity index (χ4v) is 1.42. The number of carbonyl (C=O) groups is 1. The third-order valence-electron chi connectivity index (χ3n) is 2.21. The first kappa shape index (κ1) is 9.02. The molecule has 0 spiro atoms. The molecule has 4 nitrogen and oxygen atoms in total. The van der Waals surface area contributed by atoms with Crippen LogP contribution >= 0.6 is 0 Å². The van der Waals surface area contributed by atoms with E-state index in [-0.39, 0.29) is 12.2 Å². The second kappa shape index (κ2) is 3.67. The van der Waals surface area contributed by atoms with Crippen molar-refractivity contribution in [3.8, 4) is 0 Å². The molecule has 0 aliphatic carbocycles. The first-order valence-electron chi connectivity index (χ1n) is 4.73. The Hall–Kier alpha value is -1.55. The number of urea groups is 1. The monoisotopic (exact) mass is 191 g/mol. The standard InChI is InChI=1S/C10H13N3O/c1-2-9-11-10(14)13(12-9)8-6-4-3-5-7-8/h3-7,9,12H,2H2,1H3,(H,11,14). The van der Waals surface area contributed by atoms with E-state index in [4.69, 9.17) is 0 Å². The minimum absolute atomic E-state index is 0.0442. The lowest BCUT2D eigenvalue weighted by atomic mass is 10.3. The number of amides is 2. The molecule has 0 aromatic heterocycles. The topological polar surface area (TPSA) is 44.4 Å². The molecular formula is C10H13N3O. The maximum absolute atomic E-state index is 11.5. The number of hydrogen-bond acceptors (Lipinski definition) is 2. The van der Waals surface area contributed by atoms with Crippen molar-refractivity contribution in [2.45, 2.75) is 19.5 Å². The molecule has 1 aliphatic rings. The molecule has 2 rings (SSSR count). The SMILES string of the molecule is CCC1NC(=O)N(c2ccccc2)N1. The van der Waals surface area contributed by atoms with E-state index in [2.05, 4.69) is 10.7 Å². The average Bonchev–Trinajstić information content (AvgIpc) is 2.61.